The predicted octanol–water partition coefficient (Wildman–Crippen LogP) is 7.18. The van der Waals surface area contributed by atoms with Crippen LogP contribution in [0, 0.1) is 6.92 Å². The Labute approximate surface area is 229 Å². The number of benzene rings is 4. The van der Waals surface area contributed by atoms with Crippen molar-refractivity contribution in [1.29, 1.82) is 0 Å². The van der Waals surface area contributed by atoms with Crippen LogP contribution in [0.1, 0.15) is 39.4 Å². The van der Waals surface area contributed by atoms with E-state index >= 15 is 0 Å². The Kier molecular flexibility index (Phi) is 7.88. The lowest BCUT2D eigenvalue weighted by Gasteiger charge is -2.19. The fraction of sp³-hybridized carbons (Fsp3) is 0.176. The summed E-state index contributed by atoms with van der Waals surface area (Å²) in [4.78, 5) is 18.6. The highest BCUT2D eigenvalue weighted by Crippen LogP contribution is 2.34. The Bertz CT molecular complexity index is 1540. The van der Waals surface area contributed by atoms with Gasteiger partial charge < -0.3 is 14.8 Å². The van der Waals surface area contributed by atoms with Gasteiger partial charge in [0.2, 0.25) is 0 Å². The molecule has 4 aromatic carbocycles. The summed E-state index contributed by atoms with van der Waals surface area (Å²) in [6.07, 6.45) is 0.779. The number of hydrogen-bond acceptors (Lipinski definition) is 4. The fourth-order valence-electron chi connectivity index (χ4n) is 5.00. The van der Waals surface area contributed by atoms with Crippen molar-refractivity contribution in [3.05, 3.63) is 125 Å². The number of aromatic nitrogens is 1. The molecular weight excluding hydrogens is 484 g/mol. The molecule has 0 aliphatic rings. The number of carbonyl (C=O) groups excluding carboxylic acids is 1. The van der Waals surface area contributed by atoms with Crippen molar-refractivity contribution in [3.63, 3.8) is 0 Å². The van der Waals surface area contributed by atoms with Crippen LogP contribution in [-0.4, -0.2) is 31.7 Å². The number of carbonyl (C=O) groups is 1. The Morgan fingerprint density at radius 2 is 1.51 bits per heavy atom. The average Bonchev–Trinajstić information content (AvgIpc) is 2.99. The van der Waals surface area contributed by atoms with Crippen molar-refractivity contribution < 1.29 is 14.3 Å². The Balaban J connectivity index is 1.45. The SMILES string of the molecule is COc1ccc(-c2cc(C(=O)NCCC(c3ccccc3)c3ccccc3)c3cc(C)ccc3n2)c(OC)c1. The number of ether oxygens (including phenoxy) is 2. The van der Waals surface area contributed by atoms with Gasteiger partial charge in [-0.2, -0.15) is 0 Å². The van der Waals surface area contributed by atoms with Gasteiger partial charge in [-0.1, -0.05) is 72.3 Å². The molecule has 5 rings (SSSR count). The van der Waals surface area contributed by atoms with Gasteiger partial charge in [0.1, 0.15) is 11.5 Å². The van der Waals surface area contributed by atoms with E-state index in [-0.39, 0.29) is 11.8 Å². The minimum absolute atomic E-state index is 0.124. The van der Waals surface area contributed by atoms with E-state index in [4.69, 9.17) is 14.5 Å². The first-order valence-corrected chi connectivity index (χ1v) is 13.1. The topological polar surface area (TPSA) is 60.5 Å². The van der Waals surface area contributed by atoms with Crippen molar-refractivity contribution in [3.8, 4) is 22.8 Å². The van der Waals surface area contributed by atoms with Gasteiger partial charge in [-0.3, -0.25) is 4.79 Å². The van der Waals surface area contributed by atoms with Gasteiger partial charge in [-0.25, -0.2) is 4.98 Å². The van der Waals surface area contributed by atoms with E-state index in [0.29, 0.717) is 29.3 Å². The first kappa shape index (κ1) is 26.0. The van der Waals surface area contributed by atoms with Crippen LogP contribution in [0.15, 0.2) is 103 Å². The first-order chi connectivity index (χ1) is 19.1. The Morgan fingerprint density at radius 3 is 2.15 bits per heavy atom. The molecule has 5 nitrogen and oxygen atoms in total. The molecule has 5 aromatic rings. The minimum atomic E-state index is -0.124. The molecule has 196 valence electrons. The number of pyridine rings is 1. The van der Waals surface area contributed by atoms with E-state index in [0.717, 1.165) is 28.5 Å². The molecule has 1 heterocycles. The minimum Gasteiger partial charge on any atom is -0.497 e. The molecule has 0 unspecified atom stereocenters. The van der Waals surface area contributed by atoms with Crippen molar-refractivity contribution in [2.24, 2.45) is 0 Å². The van der Waals surface area contributed by atoms with E-state index in [2.05, 4.69) is 53.8 Å². The smallest absolute Gasteiger partial charge is 0.252 e. The standard InChI is InChI=1S/C34H32N2O3/c1-23-14-17-31-29(20-23)30(22-32(36-31)28-16-15-26(38-2)21-33(28)39-3)34(37)35-19-18-27(24-10-6-4-7-11-24)25-12-8-5-9-13-25/h4-17,20-22,27H,18-19H2,1-3H3,(H,35,37). The van der Waals surface area contributed by atoms with E-state index < -0.39 is 0 Å². The summed E-state index contributed by atoms with van der Waals surface area (Å²) < 4.78 is 11.0. The van der Waals surface area contributed by atoms with Crippen LogP contribution in [0.5, 0.6) is 11.5 Å². The molecule has 5 heteroatoms. The highest BCUT2D eigenvalue weighted by Gasteiger charge is 2.18. The van der Waals surface area contributed by atoms with Crippen LogP contribution in [0.2, 0.25) is 0 Å². The molecule has 0 bridgehead atoms. The molecule has 1 amide bonds. The largest absolute Gasteiger partial charge is 0.497 e. The molecule has 0 saturated heterocycles. The number of amides is 1. The predicted molar refractivity (Wildman–Crippen MR) is 157 cm³/mol. The third-order valence-electron chi connectivity index (χ3n) is 7.02. The van der Waals surface area contributed by atoms with Crippen LogP contribution >= 0.6 is 0 Å². The normalized spacial score (nSPS) is 11.0. The van der Waals surface area contributed by atoms with Gasteiger partial charge in [-0.05, 0) is 54.8 Å². The molecule has 0 aliphatic carbocycles. The van der Waals surface area contributed by atoms with Gasteiger partial charge >= 0.3 is 0 Å². The molecule has 0 atom stereocenters. The third-order valence-corrected chi connectivity index (χ3v) is 7.02. The molecule has 0 spiro atoms. The highest BCUT2D eigenvalue weighted by atomic mass is 16.5. The number of nitrogens with zero attached hydrogens (tertiary/aromatic N) is 1. The molecule has 1 N–H and O–H groups in total. The van der Waals surface area contributed by atoms with Gasteiger partial charge in [0.15, 0.2) is 0 Å². The lowest BCUT2D eigenvalue weighted by atomic mass is 9.88. The maximum absolute atomic E-state index is 13.7. The Morgan fingerprint density at radius 1 is 0.821 bits per heavy atom. The van der Waals surface area contributed by atoms with Crippen LogP contribution in [0.4, 0.5) is 0 Å². The zero-order chi connectivity index (χ0) is 27.2. The molecular formula is C34H32N2O3. The zero-order valence-electron chi connectivity index (χ0n) is 22.5. The van der Waals surface area contributed by atoms with Crippen molar-refractivity contribution in [2.45, 2.75) is 19.3 Å². The molecule has 0 saturated carbocycles. The monoisotopic (exact) mass is 516 g/mol. The van der Waals surface area contributed by atoms with Crippen molar-refractivity contribution in [1.82, 2.24) is 10.3 Å². The van der Waals surface area contributed by atoms with E-state index in [1.807, 2.05) is 61.5 Å². The van der Waals surface area contributed by atoms with E-state index in [1.54, 1.807) is 14.2 Å². The summed E-state index contributed by atoms with van der Waals surface area (Å²) in [5.41, 5.74) is 6.35. The summed E-state index contributed by atoms with van der Waals surface area (Å²) in [5.74, 6) is 1.38. The van der Waals surface area contributed by atoms with E-state index in [1.165, 1.54) is 11.1 Å². The second-order valence-corrected chi connectivity index (χ2v) is 9.56. The molecule has 1 aromatic heterocycles. The molecule has 0 aliphatic heterocycles. The molecule has 39 heavy (non-hydrogen) atoms. The lowest BCUT2D eigenvalue weighted by Crippen LogP contribution is -2.26. The number of nitrogens with one attached hydrogen (secondary N) is 1. The maximum Gasteiger partial charge on any atom is 0.252 e. The number of aryl methyl sites for hydroxylation is 1. The van der Waals surface area contributed by atoms with Gasteiger partial charge in [-0.15, -0.1) is 0 Å². The maximum atomic E-state index is 13.7. The molecule has 0 fully saturated rings. The number of methoxy groups -OCH3 is 2. The van der Waals surface area contributed by atoms with Gasteiger partial charge in [0, 0.05) is 29.5 Å². The summed E-state index contributed by atoms with van der Waals surface area (Å²) in [7, 11) is 3.24. The zero-order valence-corrected chi connectivity index (χ0v) is 22.5. The van der Waals surface area contributed by atoms with Crippen LogP contribution in [0.25, 0.3) is 22.2 Å². The summed E-state index contributed by atoms with van der Waals surface area (Å²) >= 11 is 0. The summed E-state index contributed by atoms with van der Waals surface area (Å²) in [6, 6.07) is 34.3. The first-order valence-electron chi connectivity index (χ1n) is 13.1. The van der Waals surface area contributed by atoms with Gasteiger partial charge in [0.05, 0.1) is 31.0 Å². The number of hydrogen-bond donors (Lipinski definition) is 1. The lowest BCUT2D eigenvalue weighted by molar-refractivity contribution is 0.0954. The highest BCUT2D eigenvalue weighted by molar-refractivity contribution is 6.07. The van der Waals surface area contributed by atoms with Crippen LogP contribution in [0.3, 0.4) is 0 Å². The molecule has 0 radical (unpaired) electrons. The number of rotatable bonds is 9. The fourth-order valence-corrected chi connectivity index (χ4v) is 5.00. The summed E-state index contributed by atoms with van der Waals surface area (Å²) in [6.45, 7) is 2.55. The van der Waals surface area contributed by atoms with Crippen molar-refractivity contribution >= 4 is 16.8 Å². The third kappa shape index (κ3) is 5.78. The van der Waals surface area contributed by atoms with Crippen LogP contribution < -0.4 is 14.8 Å². The van der Waals surface area contributed by atoms with Crippen LogP contribution in [-0.2, 0) is 0 Å². The summed E-state index contributed by atoms with van der Waals surface area (Å²) in [5, 5.41) is 4.01. The van der Waals surface area contributed by atoms with E-state index in [9.17, 15) is 4.79 Å². The quantitative estimate of drug-likeness (QED) is 0.225. The van der Waals surface area contributed by atoms with Crippen molar-refractivity contribution in [2.75, 3.05) is 20.8 Å². The second kappa shape index (κ2) is 11.8. The van der Waals surface area contributed by atoms with Gasteiger partial charge in [0.25, 0.3) is 5.91 Å². The second-order valence-electron chi connectivity index (χ2n) is 9.56. The average molecular weight is 517 g/mol. The number of fused-ring (bicyclic) bond motifs is 1. The Hall–Kier alpha value is -4.64.